The van der Waals surface area contributed by atoms with Crippen LogP contribution >= 0.6 is 7.75 Å². The molecule has 4 N–H and O–H groups in total. The highest BCUT2D eigenvalue weighted by Gasteiger charge is 2.32. The Balaban J connectivity index is 0.839. The molecule has 0 radical (unpaired) electrons. The smallest absolute Gasteiger partial charge is 0.385 e. The van der Waals surface area contributed by atoms with Crippen molar-refractivity contribution in [1.82, 2.24) is 30.4 Å². The molecule has 0 bridgehead atoms. The largest absolute Gasteiger partial charge is 0.512 e. The summed E-state index contributed by atoms with van der Waals surface area (Å²) in [7, 11) is -4.10. The van der Waals surface area contributed by atoms with Crippen molar-refractivity contribution in [1.29, 1.82) is 0 Å². The zero-order chi connectivity index (χ0) is 36.7. The van der Waals surface area contributed by atoms with Gasteiger partial charge < -0.3 is 9.05 Å². The van der Waals surface area contributed by atoms with E-state index in [1.54, 1.807) is 36.4 Å². The van der Waals surface area contributed by atoms with Crippen molar-refractivity contribution < 1.29 is 22.4 Å². The van der Waals surface area contributed by atoms with E-state index in [0.717, 1.165) is 95.7 Å². The van der Waals surface area contributed by atoms with E-state index in [1.807, 2.05) is 24.5 Å². The van der Waals surface area contributed by atoms with Crippen LogP contribution in [0.4, 0.5) is 8.78 Å². The predicted molar refractivity (Wildman–Crippen MR) is 200 cm³/mol. The molecule has 6 aromatic rings. The first-order valence-corrected chi connectivity index (χ1v) is 20.2. The Morgan fingerprint density at radius 1 is 0.660 bits per heavy atom. The van der Waals surface area contributed by atoms with E-state index in [1.165, 1.54) is 12.1 Å². The number of hydrogen-bond donors (Lipinski definition) is 3. The summed E-state index contributed by atoms with van der Waals surface area (Å²) in [5.74, 6) is 1.52. The molecular formula is C40H44F2N7O3P. The van der Waals surface area contributed by atoms with Crippen LogP contribution in [-0.2, 0) is 4.57 Å². The molecule has 276 valence electrons. The fourth-order valence-corrected chi connectivity index (χ4v) is 9.58. The highest BCUT2D eigenvalue weighted by Crippen LogP contribution is 2.46. The first-order chi connectivity index (χ1) is 25.6. The van der Waals surface area contributed by atoms with E-state index in [2.05, 4.69) is 44.2 Å². The molecule has 0 amide bonds. The van der Waals surface area contributed by atoms with Gasteiger partial charge in [0.15, 0.2) is 0 Å². The van der Waals surface area contributed by atoms with Gasteiger partial charge in [0.05, 0.1) is 11.0 Å². The van der Waals surface area contributed by atoms with Gasteiger partial charge in [-0.05, 0) is 135 Å². The molecule has 0 aliphatic heterocycles. The minimum atomic E-state index is -4.10. The van der Waals surface area contributed by atoms with E-state index in [4.69, 9.17) is 14.6 Å². The molecule has 2 aliphatic rings. The number of pyridine rings is 2. The summed E-state index contributed by atoms with van der Waals surface area (Å²) in [6.07, 6.45) is 11.6. The maximum Gasteiger partial charge on any atom is 0.512 e. The summed E-state index contributed by atoms with van der Waals surface area (Å²) in [4.78, 5) is 8.83. The number of hydrogen-bond acceptors (Lipinski definition) is 7. The molecule has 8 rings (SSSR count). The average molecular weight is 740 g/mol. The van der Waals surface area contributed by atoms with Gasteiger partial charge in [0.1, 0.15) is 11.6 Å². The van der Waals surface area contributed by atoms with Crippen LogP contribution in [0.3, 0.4) is 0 Å². The normalized spacial score (nSPS) is 23.0. The van der Waals surface area contributed by atoms with Crippen LogP contribution in [0.2, 0.25) is 0 Å². The fourth-order valence-electron chi connectivity index (χ4n) is 8.83. The summed E-state index contributed by atoms with van der Waals surface area (Å²) < 4.78 is 52.5. The number of nitrogens with one attached hydrogen (secondary N) is 2. The van der Waals surface area contributed by atoms with Crippen molar-refractivity contribution >= 4 is 29.6 Å². The number of nitrogens with two attached hydrogens (primary N) is 1. The third kappa shape index (κ3) is 7.57. The van der Waals surface area contributed by atoms with Crippen LogP contribution in [0, 0.1) is 23.5 Å². The van der Waals surface area contributed by atoms with Crippen molar-refractivity contribution in [2.75, 3.05) is 0 Å². The fraction of sp³-hybridized carbons (Fsp3) is 0.400. The molecule has 2 saturated carbocycles. The summed E-state index contributed by atoms with van der Waals surface area (Å²) in [6.45, 7) is 4.30. The second-order valence-corrected chi connectivity index (χ2v) is 16.4. The van der Waals surface area contributed by atoms with Crippen LogP contribution in [0.25, 0.3) is 21.8 Å². The standard InChI is InChI=1S/C40H44F2N7O3P/c1-23(25-3-7-27(8-4-25)31-15-17-44-35-13-11-29(41)19-33(31)35)37-21-39(48-46-37)51-53(43,50)52-40-22-38(47-49-40)24(2)26-5-9-28(10-6-26)32-16-18-45-36-14-12-30(42)20-34(32)36/h11-28H,3-10H2,1-2H3,(H2,43,50)(H,46,48)(H,47,49). The Morgan fingerprint density at radius 2 is 1.08 bits per heavy atom. The summed E-state index contributed by atoms with van der Waals surface area (Å²) >= 11 is 0. The second-order valence-electron chi connectivity index (χ2n) is 15.0. The highest BCUT2D eigenvalue weighted by atomic mass is 31.2. The predicted octanol–water partition coefficient (Wildman–Crippen LogP) is 10.2. The van der Waals surface area contributed by atoms with Gasteiger partial charge in [-0.2, -0.15) is 0 Å². The quantitative estimate of drug-likeness (QED) is 0.118. The number of rotatable bonds is 10. The van der Waals surface area contributed by atoms with Crippen LogP contribution < -0.4 is 14.6 Å². The molecule has 10 nitrogen and oxygen atoms in total. The van der Waals surface area contributed by atoms with Gasteiger partial charge in [-0.3, -0.25) is 20.2 Å². The molecule has 2 unspecified atom stereocenters. The Bertz CT molecular complexity index is 2120. The Labute approximate surface area is 306 Å². The molecule has 13 heteroatoms. The molecule has 4 aromatic heterocycles. The molecule has 2 atom stereocenters. The van der Waals surface area contributed by atoms with Gasteiger partial charge in [0, 0.05) is 58.5 Å². The Kier molecular flexibility index (Phi) is 9.76. The van der Waals surface area contributed by atoms with E-state index < -0.39 is 7.75 Å². The SMILES string of the molecule is CC(c1cc(OP(N)(=O)Oc2cc(C(C)C3CCC(c4ccnc5ccc(F)cc45)CC3)[nH]n2)n[nH]1)C1CCC(c2ccnc3ccc(F)cc23)CC1. The third-order valence-corrected chi connectivity index (χ3v) is 12.8. The molecule has 53 heavy (non-hydrogen) atoms. The van der Waals surface area contributed by atoms with Crippen molar-refractivity contribution in [3.63, 3.8) is 0 Å². The molecule has 0 saturated heterocycles. The van der Waals surface area contributed by atoms with Crippen LogP contribution in [0.15, 0.2) is 73.1 Å². The second kappa shape index (κ2) is 14.6. The lowest BCUT2D eigenvalue weighted by atomic mass is 9.73. The van der Waals surface area contributed by atoms with E-state index in [-0.39, 0.29) is 35.2 Å². The summed E-state index contributed by atoms with van der Waals surface area (Å²) in [5.41, 5.74) is 11.7. The summed E-state index contributed by atoms with van der Waals surface area (Å²) in [5, 5.41) is 16.3. The lowest BCUT2D eigenvalue weighted by molar-refractivity contribution is 0.288. The lowest BCUT2D eigenvalue weighted by Gasteiger charge is -2.32. The number of halogens is 2. The first kappa shape index (κ1) is 35.4. The topological polar surface area (TPSA) is 145 Å². The number of benzene rings is 2. The van der Waals surface area contributed by atoms with Gasteiger partial charge in [0.2, 0.25) is 11.8 Å². The molecule has 0 spiro atoms. The van der Waals surface area contributed by atoms with Crippen LogP contribution in [0.1, 0.15) is 111 Å². The van der Waals surface area contributed by atoms with Crippen LogP contribution in [-0.4, -0.2) is 30.4 Å². The zero-order valence-corrected chi connectivity index (χ0v) is 30.7. The first-order valence-electron chi connectivity index (χ1n) is 18.6. The number of H-pyrrole nitrogens is 2. The number of nitrogens with zero attached hydrogens (tertiary/aromatic N) is 4. The van der Waals surface area contributed by atoms with Gasteiger partial charge in [-0.1, -0.05) is 13.8 Å². The zero-order valence-electron chi connectivity index (χ0n) is 29.8. The van der Waals surface area contributed by atoms with Crippen LogP contribution in [0.5, 0.6) is 11.8 Å². The molecule has 2 aromatic carbocycles. The number of aromatic amines is 2. The molecule has 2 fully saturated rings. The van der Waals surface area contributed by atoms with Gasteiger partial charge in [-0.25, -0.2) is 18.9 Å². The van der Waals surface area contributed by atoms with Crippen molar-refractivity contribution in [2.45, 2.75) is 88.9 Å². The van der Waals surface area contributed by atoms with E-state index >= 15 is 0 Å². The van der Waals surface area contributed by atoms with Gasteiger partial charge in [0.25, 0.3) is 0 Å². The van der Waals surface area contributed by atoms with Gasteiger partial charge in [-0.15, -0.1) is 10.2 Å². The number of fused-ring (bicyclic) bond motifs is 2. The minimum Gasteiger partial charge on any atom is -0.385 e. The third-order valence-electron chi connectivity index (χ3n) is 11.9. The minimum absolute atomic E-state index is 0.0993. The van der Waals surface area contributed by atoms with Gasteiger partial charge >= 0.3 is 7.75 Å². The van der Waals surface area contributed by atoms with Crippen molar-refractivity contribution in [3.05, 3.63) is 107 Å². The van der Waals surface area contributed by atoms with E-state index in [0.29, 0.717) is 23.7 Å². The Hall–Kier alpha value is -4.67. The molecular weight excluding hydrogens is 695 g/mol. The summed E-state index contributed by atoms with van der Waals surface area (Å²) in [6, 6.07) is 17.1. The van der Waals surface area contributed by atoms with Crippen molar-refractivity contribution in [3.8, 4) is 11.8 Å². The lowest BCUT2D eigenvalue weighted by Crippen LogP contribution is -2.18. The highest BCUT2D eigenvalue weighted by molar-refractivity contribution is 7.52. The average Bonchev–Trinajstić information content (AvgIpc) is 3.83. The molecule has 4 heterocycles. The Morgan fingerprint density at radius 3 is 1.49 bits per heavy atom. The maximum absolute atomic E-state index is 14.0. The molecule has 2 aliphatic carbocycles. The van der Waals surface area contributed by atoms with Crippen molar-refractivity contribution in [2.24, 2.45) is 17.3 Å². The maximum atomic E-state index is 14.0. The number of aromatic nitrogens is 6. The monoisotopic (exact) mass is 739 g/mol. The van der Waals surface area contributed by atoms with E-state index in [9.17, 15) is 13.3 Å².